The number of hydrogen-bond donors (Lipinski definition) is 0. The average Bonchev–Trinajstić information content (AvgIpc) is 3.36. The van der Waals surface area contributed by atoms with Gasteiger partial charge in [-0.1, -0.05) is 67.9 Å². The van der Waals surface area contributed by atoms with E-state index in [0.717, 1.165) is 75.1 Å². The van der Waals surface area contributed by atoms with Crippen LogP contribution < -0.4 is 0 Å². The van der Waals surface area contributed by atoms with Crippen LogP contribution in [0, 0.1) is 0 Å². The normalized spacial score (nSPS) is 11.2. The van der Waals surface area contributed by atoms with Crippen LogP contribution in [0.2, 0.25) is 0 Å². The summed E-state index contributed by atoms with van der Waals surface area (Å²) >= 11 is 0. The number of unbranched alkanes of at least 4 members (excludes halogenated alkanes) is 1. The van der Waals surface area contributed by atoms with Crippen LogP contribution in [0.5, 0.6) is 0 Å². The summed E-state index contributed by atoms with van der Waals surface area (Å²) < 4.78 is 7.32. The van der Waals surface area contributed by atoms with Crippen molar-refractivity contribution in [3.63, 3.8) is 0 Å². The van der Waals surface area contributed by atoms with Crippen LogP contribution in [-0.2, 0) is 17.7 Å². The quantitative estimate of drug-likeness (QED) is 0.192. The van der Waals surface area contributed by atoms with E-state index in [1.54, 1.807) is 6.07 Å². The number of imidazole rings is 1. The highest BCUT2D eigenvalue weighted by molar-refractivity contribution is 6.01. The molecule has 0 atom stereocenters. The van der Waals surface area contributed by atoms with Crippen molar-refractivity contribution in [1.82, 2.24) is 19.5 Å². The van der Waals surface area contributed by atoms with Gasteiger partial charge in [0, 0.05) is 29.1 Å². The average molecular weight is 527 g/mol. The number of rotatable bonds is 8. The lowest BCUT2D eigenvalue weighted by molar-refractivity contribution is 0.0601. The third-order valence-electron chi connectivity index (χ3n) is 7.23. The van der Waals surface area contributed by atoms with E-state index in [2.05, 4.69) is 52.9 Å². The van der Waals surface area contributed by atoms with Crippen LogP contribution >= 0.6 is 0 Å². The SMILES string of the molecule is CCCCc1nc2cccnc2n1Cc1ccc2nc(-c3ccccc3C(=O)OC)c(-c3ccccc3)cc2c1. The number of esters is 1. The number of hydrogen-bond acceptors (Lipinski definition) is 5. The van der Waals surface area contributed by atoms with E-state index >= 15 is 0 Å². The van der Waals surface area contributed by atoms with Gasteiger partial charge in [0.25, 0.3) is 0 Å². The zero-order chi connectivity index (χ0) is 27.5. The van der Waals surface area contributed by atoms with Gasteiger partial charge in [-0.15, -0.1) is 0 Å². The lowest BCUT2D eigenvalue weighted by atomic mass is 9.94. The predicted octanol–water partition coefficient (Wildman–Crippen LogP) is 7.49. The van der Waals surface area contributed by atoms with Gasteiger partial charge in [0.05, 0.1) is 30.4 Å². The Morgan fingerprint density at radius 2 is 1.68 bits per heavy atom. The van der Waals surface area contributed by atoms with E-state index in [0.29, 0.717) is 12.1 Å². The molecule has 0 aliphatic rings. The zero-order valence-corrected chi connectivity index (χ0v) is 22.7. The smallest absolute Gasteiger partial charge is 0.338 e. The molecule has 0 saturated carbocycles. The van der Waals surface area contributed by atoms with Crippen molar-refractivity contribution in [2.45, 2.75) is 32.7 Å². The Labute approximate surface area is 233 Å². The highest BCUT2D eigenvalue weighted by Gasteiger charge is 2.19. The van der Waals surface area contributed by atoms with Crippen molar-refractivity contribution in [2.24, 2.45) is 0 Å². The van der Waals surface area contributed by atoms with Gasteiger partial charge in [0.1, 0.15) is 11.3 Å². The molecule has 40 heavy (non-hydrogen) atoms. The Morgan fingerprint density at radius 3 is 2.50 bits per heavy atom. The molecule has 0 aliphatic carbocycles. The molecule has 6 aromatic rings. The standard InChI is InChI=1S/C34H30N4O2/c1-3-4-16-31-36-30-15-10-19-35-33(30)38(31)22-23-17-18-29-25(20-23)21-28(24-11-6-5-7-12-24)32(37-29)26-13-8-9-14-27(26)34(39)40-2/h5-15,17-21H,3-4,16,22H2,1-2H3. The largest absolute Gasteiger partial charge is 0.465 e. The minimum absolute atomic E-state index is 0.382. The summed E-state index contributed by atoms with van der Waals surface area (Å²) in [4.78, 5) is 27.3. The van der Waals surface area contributed by atoms with E-state index in [1.807, 2.05) is 54.7 Å². The molecule has 198 valence electrons. The van der Waals surface area contributed by atoms with E-state index in [9.17, 15) is 4.79 Å². The summed E-state index contributed by atoms with van der Waals surface area (Å²) in [5.74, 6) is 0.681. The molecule has 6 rings (SSSR count). The van der Waals surface area contributed by atoms with Gasteiger partial charge >= 0.3 is 5.97 Å². The van der Waals surface area contributed by atoms with Crippen molar-refractivity contribution in [3.8, 4) is 22.4 Å². The number of pyridine rings is 2. The van der Waals surface area contributed by atoms with Gasteiger partial charge in [-0.2, -0.15) is 0 Å². The molecular formula is C34H30N4O2. The molecule has 3 heterocycles. The van der Waals surface area contributed by atoms with Gasteiger partial charge in [0.15, 0.2) is 5.65 Å². The fourth-order valence-electron chi connectivity index (χ4n) is 5.22. The minimum Gasteiger partial charge on any atom is -0.465 e. The first-order valence-electron chi connectivity index (χ1n) is 13.6. The maximum atomic E-state index is 12.6. The molecule has 0 amide bonds. The number of fused-ring (bicyclic) bond motifs is 2. The monoisotopic (exact) mass is 526 g/mol. The van der Waals surface area contributed by atoms with E-state index in [1.165, 1.54) is 7.11 Å². The molecule has 0 radical (unpaired) electrons. The Bertz CT molecular complexity index is 1830. The third-order valence-corrected chi connectivity index (χ3v) is 7.23. The molecule has 0 spiro atoms. The zero-order valence-electron chi connectivity index (χ0n) is 22.7. The van der Waals surface area contributed by atoms with Crippen molar-refractivity contribution < 1.29 is 9.53 Å². The maximum absolute atomic E-state index is 12.6. The number of ether oxygens (including phenoxy) is 1. The van der Waals surface area contributed by atoms with Crippen LogP contribution in [0.25, 0.3) is 44.5 Å². The van der Waals surface area contributed by atoms with Gasteiger partial charge in [-0.05, 0) is 53.9 Å². The van der Waals surface area contributed by atoms with Crippen LogP contribution in [-0.4, -0.2) is 32.6 Å². The summed E-state index contributed by atoms with van der Waals surface area (Å²) in [6, 6.07) is 30.1. The highest BCUT2D eigenvalue weighted by Crippen LogP contribution is 2.35. The second-order valence-electron chi connectivity index (χ2n) is 9.88. The summed E-state index contributed by atoms with van der Waals surface area (Å²) in [7, 11) is 1.40. The van der Waals surface area contributed by atoms with Crippen LogP contribution in [0.1, 0.15) is 41.5 Å². The summed E-state index contributed by atoms with van der Waals surface area (Å²) in [5, 5.41) is 1.03. The molecular weight excluding hydrogens is 496 g/mol. The molecule has 0 bridgehead atoms. The summed E-state index contributed by atoms with van der Waals surface area (Å²) in [5.41, 5.74) is 7.82. The molecule has 0 aliphatic heterocycles. The van der Waals surface area contributed by atoms with Crippen molar-refractivity contribution >= 4 is 28.0 Å². The lowest BCUT2D eigenvalue weighted by Gasteiger charge is -2.15. The second kappa shape index (κ2) is 11.1. The van der Waals surface area contributed by atoms with E-state index in [-0.39, 0.29) is 5.97 Å². The summed E-state index contributed by atoms with van der Waals surface area (Å²) in [6.07, 6.45) is 4.95. The maximum Gasteiger partial charge on any atom is 0.338 e. The van der Waals surface area contributed by atoms with Crippen LogP contribution in [0.15, 0.2) is 97.2 Å². The van der Waals surface area contributed by atoms with Gasteiger partial charge < -0.3 is 9.30 Å². The van der Waals surface area contributed by atoms with Gasteiger partial charge in [-0.3, -0.25) is 0 Å². The molecule has 3 aromatic carbocycles. The Balaban J connectivity index is 1.49. The predicted molar refractivity (Wildman–Crippen MR) is 159 cm³/mol. The Morgan fingerprint density at radius 1 is 0.850 bits per heavy atom. The third kappa shape index (κ3) is 4.84. The highest BCUT2D eigenvalue weighted by atomic mass is 16.5. The van der Waals surface area contributed by atoms with Crippen LogP contribution in [0.3, 0.4) is 0 Å². The number of aromatic nitrogens is 4. The molecule has 0 fully saturated rings. The topological polar surface area (TPSA) is 69.9 Å². The number of carbonyl (C=O) groups excluding carboxylic acids is 1. The fourth-order valence-corrected chi connectivity index (χ4v) is 5.22. The second-order valence-corrected chi connectivity index (χ2v) is 9.88. The lowest BCUT2D eigenvalue weighted by Crippen LogP contribution is -2.06. The number of methoxy groups -OCH3 is 1. The summed E-state index contributed by atoms with van der Waals surface area (Å²) in [6.45, 7) is 2.87. The first-order chi connectivity index (χ1) is 19.7. The minimum atomic E-state index is -0.382. The van der Waals surface area contributed by atoms with E-state index < -0.39 is 0 Å². The molecule has 3 aromatic heterocycles. The molecule has 6 nitrogen and oxygen atoms in total. The molecule has 0 N–H and O–H groups in total. The number of nitrogens with zero attached hydrogens (tertiary/aromatic N) is 4. The fraction of sp³-hybridized carbons (Fsp3) is 0.176. The molecule has 0 unspecified atom stereocenters. The van der Waals surface area contributed by atoms with Gasteiger partial charge in [-0.25, -0.2) is 19.7 Å². The van der Waals surface area contributed by atoms with Crippen LogP contribution in [0.4, 0.5) is 0 Å². The Kier molecular flexibility index (Phi) is 7.06. The van der Waals surface area contributed by atoms with E-state index in [4.69, 9.17) is 14.7 Å². The molecule has 6 heteroatoms. The number of benzene rings is 3. The number of carbonyl (C=O) groups is 1. The van der Waals surface area contributed by atoms with Crippen molar-refractivity contribution in [3.05, 3.63) is 114 Å². The number of aryl methyl sites for hydroxylation is 1. The van der Waals surface area contributed by atoms with Crippen molar-refractivity contribution in [2.75, 3.05) is 7.11 Å². The molecule has 0 saturated heterocycles. The van der Waals surface area contributed by atoms with Gasteiger partial charge in [0.2, 0.25) is 0 Å². The Hall–Kier alpha value is -4.84. The van der Waals surface area contributed by atoms with Crippen molar-refractivity contribution in [1.29, 1.82) is 0 Å². The first-order valence-corrected chi connectivity index (χ1v) is 13.6. The first kappa shape index (κ1) is 25.4.